The molecule has 28 heavy (non-hydrogen) atoms. The van der Waals surface area contributed by atoms with Crippen molar-refractivity contribution in [2.24, 2.45) is 5.92 Å². The number of anilines is 1. The van der Waals surface area contributed by atoms with Crippen LogP contribution < -0.4 is 4.90 Å². The third-order valence-corrected chi connectivity index (χ3v) is 5.37. The molecule has 3 rings (SSSR count). The second kappa shape index (κ2) is 9.85. The van der Waals surface area contributed by atoms with Gasteiger partial charge in [-0.25, -0.2) is 0 Å². The van der Waals surface area contributed by atoms with E-state index < -0.39 is 0 Å². The molecule has 1 fully saturated rings. The molecule has 2 atom stereocenters. The Hall–Kier alpha value is -2.17. The minimum Gasteiger partial charge on any atom is -0.379 e. The van der Waals surface area contributed by atoms with E-state index in [1.54, 1.807) is 0 Å². The SMILES string of the molecule is CC(C)COCC1C(N(C(=O)c2ccccc2)c2ccccc2)CCCN1C. The Bertz CT molecular complexity index is 733. The lowest BCUT2D eigenvalue weighted by Gasteiger charge is -2.44. The number of likely N-dealkylation sites (N-methyl/N-ethyl adjacent to an activating group) is 1. The van der Waals surface area contributed by atoms with Gasteiger partial charge in [0.05, 0.1) is 18.7 Å². The van der Waals surface area contributed by atoms with E-state index in [1.165, 1.54) is 0 Å². The summed E-state index contributed by atoms with van der Waals surface area (Å²) >= 11 is 0. The summed E-state index contributed by atoms with van der Waals surface area (Å²) in [5.41, 5.74) is 1.67. The van der Waals surface area contributed by atoms with Gasteiger partial charge >= 0.3 is 0 Å². The molecule has 2 aromatic rings. The van der Waals surface area contributed by atoms with Gasteiger partial charge in [-0.15, -0.1) is 0 Å². The number of piperidine rings is 1. The molecule has 0 aromatic heterocycles. The first-order valence-electron chi connectivity index (χ1n) is 10.3. The smallest absolute Gasteiger partial charge is 0.258 e. The van der Waals surface area contributed by atoms with Crippen molar-refractivity contribution in [1.29, 1.82) is 0 Å². The largest absolute Gasteiger partial charge is 0.379 e. The highest BCUT2D eigenvalue weighted by molar-refractivity contribution is 6.06. The standard InChI is InChI=1S/C24H32N2O2/c1-19(2)17-28-18-23-22(15-10-16-25(23)3)26(21-13-8-5-9-14-21)24(27)20-11-6-4-7-12-20/h4-9,11-14,19,22-23H,10,15-18H2,1-3H3. The summed E-state index contributed by atoms with van der Waals surface area (Å²) in [6.45, 7) is 6.75. The molecule has 0 N–H and O–H groups in total. The van der Waals surface area contributed by atoms with E-state index in [9.17, 15) is 4.79 Å². The number of hydrogen-bond donors (Lipinski definition) is 0. The highest BCUT2D eigenvalue weighted by Crippen LogP contribution is 2.28. The van der Waals surface area contributed by atoms with E-state index in [0.717, 1.165) is 37.2 Å². The number of hydrogen-bond acceptors (Lipinski definition) is 3. The van der Waals surface area contributed by atoms with Crippen molar-refractivity contribution in [3.05, 3.63) is 66.2 Å². The molecule has 1 amide bonds. The Balaban J connectivity index is 1.91. The molecule has 0 aliphatic carbocycles. The Morgan fingerprint density at radius 3 is 2.39 bits per heavy atom. The number of amides is 1. The molecule has 0 bridgehead atoms. The number of benzene rings is 2. The van der Waals surface area contributed by atoms with E-state index in [-0.39, 0.29) is 18.0 Å². The maximum atomic E-state index is 13.5. The number of carbonyl (C=O) groups excluding carboxylic acids is 1. The zero-order valence-corrected chi connectivity index (χ0v) is 17.3. The fourth-order valence-electron chi connectivity index (χ4n) is 3.93. The Morgan fingerprint density at radius 2 is 1.75 bits per heavy atom. The first kappa shape index (κ1) is 20.6. The molecular formula is C24H32N2O2. The molecule has 2 unspecified atom stereocenters. The van der Waals surface area contributed by atoms with Crippen LogP contribution in [0.25, 0.3) is 0 Å². The van der Waals surface area contributed by atoms with E-state index in [2.05, 4.69) is 25.8 Å². The molecule has 1 aliphatic rings. The minimum atomic E-state index is 0.0564. The van der Waals surface area contributed by atoms with Crippen LogP contribution in [0, 0.1) is 5.92 Å². The van der Waals surface area contributed by atoms with Gasteiger partial charge in [0.1, 0.15) is 0 Å². The topological polar surface area (TPSA) is 32.8 Å². The molecule has 1 saturated heterocycles. The molecule has 4 nitrogen and oxygen atoms in total. The van der Waals surface area contributed by atoms with Crippen LogP contribution in [0.2, 0.25) is 0 Å². The highest BCUT2D eigenvalue weighted by Gasteiger charge is 2.37. The van der Waals surface area contributed by atoms with Crippen molar-refractivity contribution in [3.63, 3.8) is 0 Å². The van der Waals surface area contributed by atoms with Crippen molar-refractivity contribution in [2.75, 3.05) is 31.7 Å². The van der Waals surface area contributed by atoms with Gasteiger partial charge in [-0.2, -0.15) is 0 Å². The lowest BCUT2D eigenvalue weighted by atomic mass is 9.94. The number of rotatable bonds is 7. The average molecular weight is 381 g/mol. The summed E-state index contributed by atoms with van der Waals surface area (Å²) in [5.74, 6) is 0.560. The number of para-hydroxylation sites is 1. The van der Waals surface area contributed by atoms with Crippen molar-refractivity contribution < 1.29 is 9.53 Å². The van der Waals surface area contributed by atoms with Crippen LogP contribution in [0.4, 0.5) is 5.69 Å². The molecule has 0 saturated carbocycles. The van der Waals surface area contributed by atoms with E-state index in [4.69, 9.17) is 4.74 Å². The molecule has 1 aliphatic heterocycles. The zero-order valence-electron chi connectivity index (χ0n) is 17.3. The number of likely N-dealkylation sites (tertiary alicyclic amines) is 1. The Labute approximate surface area is 169 Å². The number of nitrogens with zero attached hydrogens (tertiary/aromatic N) is 2. The molecular weight excluding hydrogens is 348 g/mol. The van der Waals surface area contributed by atoms with Gasteiger partial charge < -0.3 is 9.64 Å². The van der Waals surface area contributed by atoms with Crippen molar-refractivity contribution in [3.8, 4) is 0 Å². The van der Waals surface area contributed by atoms with E-state index in [1.807, 2.05) is 65.6 Å². The molecule has 1 heterocycles. The van der Waals surface area contributed by atoms with E-state index in [0.29, 0.717) is 12.5 Å². The van der Waals surface area contributed by atoms with Gasteiger partial charge in [-0.1, -0.05) is 50.2 Å². The summed E-state index contributed by atoms with van der Waals surface area (Å²) in [5, 5.41) is 0. The molecule has 0 spiro atoms. The Morgan fingerprint density at radius 1 is 1.11 bits per heavy atom. The second-order valence-electron chi connectivity index (χ2n) is 8.07. The summed E-state index contributed by atoms with van der Waals surface area (Å²) in [4.78, 5) is 17.9. The summed E-state index contributed by atoms with van der Waals surface area (Å²) in [6, 6.07) is 19.9. The van der Waals surface area contributed by atoms with Gasteiger partial charge in [0.15, 0.2) is 0 Å². The van der Waals surface area contributed by atoms with Crippen LogP contribution in [-0.4, -0.2) is 49.7 Å². The van der Waals surface area contributed by atoms with Crippen molar-refractivity contribution >= 4 is 11.6 Å². The normalized spacial score (nSPS) is 20.3. The van der Waals surface area contributed by atoms with Crippen LogP contribution in [-0.2, 0) is 4.74 Å². The van der Waals surface area contributed by atoms with E-state index >= 15 is 0 Å². The van der Waals surface area contributed by atoms with Gasteiger partial charge in [-0.3, -0.25) is 9.69 Å². The fourth-order valence-corrected chi connectivity index (χ4v) is 3.93. The predicted molar refractivity (Wildman–Crippen MR) is 115 cm³/mol. The van der Waals surface area contributed by atoms with Crippen LogP contribution in [0.3, 0.4) is 0 Å². The fraction of sp³-hybridized carbons (Fsp3) is 0.458. The lowest BCUT2D eigenvalue weighted by Crippen LogP contribution is -2.58. The number of carbonyl (C=O) groups is 1. The van der Waals surface area contributed by atoms with Crippen LogP contribution in [0.1, 0.15) is 37.0 Å². The van der Waals surface area contributed by atoms with Crippen molar-refractivity contribution in [2.45, 2.75) is 38.8 Å². The van der Waals surface area contributed by atoms with Gasteiger partial charge in [-0.05, 0) is 56.6 Å². The zero-order chi connectivity index (χ0) is 19.9. The predicted octanol–water partition coefficient (Wildman–Crippen LogP) is 4.47. The number of ether oxygens (including phenoxy) is 1. The van der Waals surface area contributed by atoms with Crippen LogP contribution in [0.15, 0.2) is 60.7 Å². The first-order valence-corrected chi connectivity index (χ1v) is 10.3. The van der Waals surface area contributed by atoms with Gasteiger partial charge in [0.25, 0.3) is 5.91 Å². The second-order valence-corrected chi connectivity index (χ2v) is 8.07. The third-order valence-electron chi connectivity index (χ3n) is 5.37. The average Bonchev–Trinajstić information content (AvgIpc) is 2.71. The molecule has 2 aromatic carbocycles. The van der Waals surface area contributed by atoms with Gasteiger partial charge in [0.2, 0.25) is 0 Å². The molecule has 4 heteroatoms. The highest BCUT2D eigenvalue weighted by atomic mass is 16.5. The summed E-state index contributed by atoms with van der Waals surface area (Å²) in [7, 11) is 2.14. The molecule has 150 valence electrons. The van der Waals surface area contributed by atoms with Crippen LogP contribution >= 0.6 is 0 Å². The molecule has 0 radical (unpaired) electrons. The maximum absolute atomic E-state index is 13.5. The quantitative estimate of drug-likeness (QED) is 0.710. The lowest BCUT2D eigenvalue weighted by molar-refractivity contribution is 0.0301. The van der Waals surface area contributed by atoms with Crippen LogP contribution in [0.5, 0.6) is 0 Å². The Kier molecular flexibility index (Phi) is 7.24. The van der Waals surface area contributed by atoms with Gasteiger partial charge in [0, 0.05) is 17.9 Å². The summed E-state index contributed by atoms with van der Waals surface area (Å²) < 4.78 is 6.03. The minimum absolute atomic E-state index is 0.0564. The summed E-state index contributed by atoms with van der Waals surface area (Å²) in [6.07, 6.45) is 2.06. The van der Waals surface area contributed by atoms with Crippen molar-refractivity contribution in [1.82, 2.24) is 4.90 Å². The first-order chi connectivity index (χ1) is 13.6. The maximum Gasteiger partial charge on any atom is 0.258 e. The monoisotopic (exact) mass is 380 g/mol. The third kappa shape index (κ3) is 5.00.